The van der Waals surface area contributed by atoms with Crippen molar-refractivity contribution >= 4 is 11.7 Å². The van der Waals surface area contributed by atoms with E-state index in [4.69, 9.17) is 9.84 Å². The van der Waals surface area contributed by atoms with Crippen LogP contribution in [0.1, 0.15) is 17.3 Å². The number of rotatable bonds is 5. The Morgan fingerprint density at radius 3 is 2.56 bits per heavy atom. The standard InChI is InChI=1S/C12H15F2NO3/c1-7(18-3)6-15(2)9-5-4-8(12(16)17)10(13)11(9)14/h4-5,7H,6H2,1-3H3,(H,16,17). The van der Waals surface area contributed by atoms with E-state index in [1.54, 1.807) is 14.0 Å². The number of aromatic carboxylic acids is 1. The first-order valence-electron chi connectivity index (χ1n) is 5.33. The molecule has 0 fully saturated rings. The molecule has 0 bridgehead atoms. The number of hydrogen-bond donors (Lipinski definition) is 1. The second-order valence-corrected chi connectivity index (χ2v) is 3.99. The van der Waals surface area contributed by atoms with Crippen LogP contribution in [0, 0.1) is 11.6 Å². The van der Waals surface area contributed by atoms with Gasteiger partial charge in [-0.1, -0.05) is 0 Å². The second kappa shape index (κ2) is 5.77. The molecule has 100 valence electrons. The van der Waals surface area contributed by atoms with Gasteiger partial charge in [-0.05, 0) is 19.1 Å². The number of carboxylic acids is 1. The minimum Gasteiger partial charge on any atom is -0.478 e. The lowest BCUT2D eigenvalue weighted by molar-refractivity contribution is 0.0690. The van der Waals surface area contributed by atoms with Crippen LogP contribution in [0.15, 0.2) is 12.1 Å². The Hall–Kier alpha value is -1.69. The van der Waals surface area contributed by atoms with Gasteiger partial charge in [0.25, 0.3) is 0 Å². The minimum absolute atomic E-state index is 0.00130. The number of benzene rings is 1. The summed E-state index contributed by atoms with van der Waals surface area (Å²) in [7, 11) is 3.09. The lowest BCUT2D eigenvalue weighted by Gasteiger charge is -2.23. The van der Waals surface area contributed by atoms with Gasteiger partial charge in [-0.15, -0.1) is 0 Å². The molecule has 1 aromatic carbocycles. The average Bonchev–Trinajstić information content (AvgIpc) is 2.31. The third-order valence-corrected chi connectivity index (χ3v) is 2.64. The van der Waals surface area contributed by atoms with Gasteiger partial charge in [0, 0.05) is 20.7 Å². The monoisotopic (exact) mass is 259 g/mol. The maximum Gasteiger partial charge on any atom is 0.338 e. The van der Waals surface area contributed by atoms with Crippen LogP contribution in [0.4, 0.5) is 14.5 Å². The SMILES string of the molecule is COC(C)CN(C)c1ccc(C(=O)O)c(F)c1F. The van der Waals surface area contributed by atoms with Gasteiger partial charge in [-0.2, -0.15) is 0 Å². The topological polar surface area (TPSA) is 49.8 Å². The van der Waals surface area contributed by atoms with Crippen molar-refractivity contribution in [2.45, 2.75) is 13.0 Å². The first-order chi connectivity index (χ1) is 8.38. The normalized spacial score (nSPS) is 12.3. The van der Waals surface area contributed by atoms with Gasteiger partial charge < -0.3 is 14.7 Å². The molecule has 0 radical (unpaired) electrons. The fourth-order valence-electron chi connectivity index (χ4n) is 1.56. The van der Waals surface area contributed by atoms with Gasteiger partial charge in [0.2, 0.25) is 0 Å². The zero-order valence-electron chi connectivity index (χ0n) is 10.4. The Morgan fingerprint density at radius 1 is 1.44 bits per heavy atom. The van der Waals surface area contributed by atoms with E-state index in [1.165, 1.54) is 18.1 Å². The van der Waals surface area contributed by atoms with Gasteiger partial charge in [0.15, 0.2) is 11.6 Å². The van der Waals surface area contributed by atoms with Gasteiger partial charge >= 0.3 is 5.97 Å². The molecule has 0 aromatic heterocycles. The zero-order valence-corrected chi connectivity index (χ0v) is 10.4. The summed E-state index contributed by atoms with van der Waals surface area (Å²) >= 11 is 0. The lowest BCUT2D eigenvalue weighted by atomic mass is 10.1. The van der Waals surface area contributed by atoms with E-state index < -0.39 is 23.2 Å². The van der Waals surface area contributed by atoms with Gasteiger partial charge in [0.1, 0.15) is 0 Å². The largest absolute Gasteiger partial charge is 0.478 e. The number of methoxy groups -OCH3 is 1. The summed E-state index contributed by atoms with van der Waals surface area (Å²) in [5.41, 5.74) is -0.675. The van der Waals surface area contributed by atoms with Gasteiger partial charge in [-0.3, -0.25) is 0 Å². The molecule has 0 spiro atoms. The van der Waals surface area contributed by atoms with Crippen molar-refractivity contribution in [1.82, 2.24) is 0 Å². The molecule has 0 heterocycles. The van der Waals surface area contributed by atoms with Crippen molar-refractivity contribution in [1.29, 1.82) is 0 Å². The maximum absolute atomic E-state index is 13.7. The Kier molecular flexibility index (Phi) is 4.61. The molecular weight excluding hydrogens is 244 g/mol. The first kappa shape index (κ1) is 14.4. The summed E-state index contributed by atoms with van der Waals surface area (Å²) in [5, 5.41) is 8.66. The highest BCUT2D eigenvalue weighted by Crippen LogP contribution is 2.23. The van der Waals surface area contributed by atoms with Crippen molar-refractivity contribution < 1.29 is 23.4 Å². The molecule has 0 aliphatic heterocycles. The first-order valence-corrected chi connectivity index (χ1v) is 5.33. The van der Waals surface area contributed by atoms with E-state index in [9.17, 15) is 13.6 Å². The summed E-state index contributed by atoms with van der Waals surface area (Å²) in [6, 6.07) is 2.29. The summed E-state index contributed by atoms with van der Waals surface area (Å²) in [6.45, 7) is 2.15. The van der Waals surface area contributed by atoms with Crippen molar-refractivity contribution in [3.63, 3.8) is 0 Å². The highest BCUT2D eigenvalue weighted by atomic mass is 19.2. The smallest absolute Gasteiger partial charge is 0.338 e. The lowest BCUT2D eigenvalue weighted by Crippen LogP contribution is -2.29. The number of carbonyl (C=O) groups is 1. The number of ether oxygens (including phenoxy) is 1. The molecule has 18 heavy (non-hydrogen) atoms. The predicted molar refractivity (Wildman–Crippen MR) is 63.1 cm³/mol. The van der Waals surface area contributed by atoms with Crippen LogP contribution < -0.4 is 4.90 Å². The molecule has 0 amide bonds. The van der Waals surface area contributed by atoms with Crippen LogP contribution in [-0.4, -0.2) is 37.9 Å². The number of nitrogens with zero attached hydrogens (tertiary/aromatic N) is 1. The van der Waals surface area contributed by atoms with Crippen molar-refractivity contribution in [2.24, 2.45) is 0 Å². The third kappa shape index (κ3) is 2.95. The molecule has 0 saturated heterocycles. The van der Waals surface area contributed by atoms with Crippen LogP contribution >= 0.6 is 0 Å². The highest BCUT2D eigenvalue weighted by Gasteiger charge is 2.20. The molecule has 0 aliphatic carbocycles. The number of hydrogen-bond acceptors (Lipinski definition) is 3. The van der Waals surface area contributed by atoms with Gasteiger partial charge in [-0.25, -0.2) is 13.6 Å². The van der Waals surface area contributed by atoms with Crippen LogP contribution in [0.2, 0.25) is 0 Å². The fourth-order valence-corrected chi connectivity index (χ4v) is 1.56. The zero-order chi connectivity index (χ0) is 13.9. The van der Waals surface area contributed by atoms with E-state index >= 15 is 0 Å². The van der Waals surface area contributed by atoms with E-state index in [1.807, 2.05) is 0 Å². The number of likely N-dealkylation sites (N-methyl/N-ethyl adjacent to an activating group) is 1. The molecule has 1 N–H and O–H groups in total. The third-order valence-electron chi connectivity index (χ3n) is 2.64. The van der Waals surface area contributed by atoms with E-state index in [2.05, 4.69) is 0 Å². The fraction of sp³-hybridized carbons (Fsp3) is 0.417. The summed E-state index contributed by atoms with van der Waals surface area (Å²) in [6.07, 6.45) is -0.156. The van der Waals surface area contributed by atoms with Crippen molar-refractivity contribution in [3.05, 3.63) is 29.3 Å². The molecule has 0 saturated carbocycles. The Balaban J connectivity index is 3.05. The number of carboxylic acid groups (broad SMARTS) is 1. The van der Waals surface area contributed by atoms with Crippen molar-refractivity contribution in [2.75, 3.05) is 25.6 Å². The highest BCUT2D eigenvalue weighted by molar-refractivity contribution is 5.88. The molecule has 1 rings (SSSR count). The molecule has 0 aliphatic rings. The van der Waals surface area contributed by atoms with Crippen LogP contribution in [-0.2, 0) is 4.74 Å². The summed E-state index contributed by atoms with van der Waals surface area (Å²) < 4.78 is 32.2. The van der Waals surface area contributed by atoms with Crippen LogP contribution in [0.5, 0.6) is 0 Å². The number of halogens is 2. The predicted octanol–water partition coefficient (Wildman–Crippen LogP) is 2.13. The van der Waals surface area contributed by atoms with E-state index in [0.29, 0.717) is 6.54 Å². The Bertz CT molecular complexity index is 451. The Morgan fingerprint density at radius 2 is 2.06 bits per heavy atom. The molecule has 6 heteroatoms. The van der Waals surface area contributed by atoms with Crippen LogP contribution in [0.25, 0.3) is 0 Å². The Labute approximate surface area is 104 Å². The minimum atomic E-state index is -1.49. The molecule has 4 nitrogen and oxygen atoms in total. The summed E-state index contributed by atoms with van der Waals surface area (Å²) in [4.78, 5) is 12.1. The molecular formula is C12H15F2NO3. The van der Waals surface area contributed by atoms with Crippen LogP contribution in [0.3, 0.4) is 0 Å². The molecule has 1 unspecified atom stereocenters. The van der Waals surface area contributed by atoms with Gasteiger partial charge in [0.05, 0.1) is 17.4 Å². The van der Waals surface area contributed by atoms with E-state index in [0.717, 1.165) is 6.07 Å². The number of anilines is 1. The second-order valence-electron chi connectivity index (χ2n) is 3.99. The molecule has 1 aromatic rings. The van der Waals surface area contributed by atoms with E-state index in [-0.39, 0.29) is 11.8 Å². The molecule has 1 atom stereocenters. The van der Waals surface area contributed by atoms with Crippen molar-refractivity contribution in [3.8, 4) is 0 Å². The average molecular weight is 259 g/mol. The quantitative estimate of drug-likeness (QED) is 0.880. The maximum atomic E-state index is 13.7. The summed E-state index contributed by atoms with van der Waals surface area (Å²) in [5.74, 6) is -4.01.